The van der Waals surface area contributed by atoms with E-state index in [4.69, 9.17) is 14.2 Å². The number of esters is 2. The van der Waals surface area contributed by atoms with Crippen LogP contribution in [0.15, 0.2) is 71.1 Å². The van der Waals surface area contributed by atoms with Gasteiger partial charge in [-0.3, -0.25) is 0 Å². The second kappa shape index (κ2) is 11.4. The Hall–Kier alpha value is -3.80. The van der Waals surface area contributed by atoms with Crippen LogP contribution in [0.5, 0.6) is 5.75 Å². The number of benzene rings is 2. The third-order valence-corrected chi connectivity index (χ3v) is 5.63. The fourth-order valence-corrected chi connectivity index (χ4v) is 4.09. The Morgan fingerprint density at radius 3 is 1.94 bits per heavy atom. The van der Waals surface area contributed by atoms with Gasteiger partial charge in [0.15, 0.2) is 0 Å². The lowest BCUT2D eigenvalue weighted by Gasteiger charge is -2.31. The molecule has 1 aliphatic heterocycles. The molecule has 0 aliphatic carbocycles. The van der Waals surface area contributed by atoms with E-state index in [-0.39, 0.29) is 13.2 Å². The molecule has 0 unspecified atom stereocenters. The molecule has 6 nitrogen and oxygen atoms in total. The van der Waals surface area contributed by atoms with Gasteiger partial charge in [0.2, 0.25) is 0 Å². The Morgan fingerprint density at radius 1 is 0.853 bits per heavy atom. The van der Waals surface area contributed by atoms with E-state index in [0.29, 0.717) is 22.5 Å². The van der Waals surface area contributed by atoms with Gasteiger partial charge in [0.25, 0.3) is 0 Å². The number of ether oxygens (including phenoxy) is 3. The van der Waals surface area contributed by atoms with Gasteiger partial charge in [-0.25, -0.2) is 9.59 Å². The van der Waals surface area contributed by atoms with Crippen LogP contribution in [0.1, 0.15) is 50.3 Å². The summed E-state index contributed by atoms with van der Waals surface area (Å²) in [7, 11) is 1.63. The highest BCUT2D eigenvalue weighted by molar-refractivity contribution is 6.00. The first-order valence-corrected chi connectivity index (χ1v) is 11.3. The molecule has 0 saturated heterocycles. The molecular weight excluding hydrogens is 430 g/mol. The van der Waals surface area contributed by atoms with Gasteiger partial charge in [0.1, 0.15) is 5.75 Å². The van der Waals surface area contributed by atoms with Crippen LogP contribution < -0.4 is 10.1 Å². The van der Waals surface area contributed by atoms with Crippen LogP contribution in [-0.4, -0.2) is 32.3 Å². The second-order valence-electron chi connectivity index (χ2n) is 7.81. The Bertz CT molecular complexity index is 1100. The Labute approximate surface area is 200 Å². The SMILES string of the molecule is CCOC(=O)C1=C(C)NC(C)=C(C(=O)OCC)C1c1ccccc1C=Cc1ccc(OC)cc1. The zero-order chi connectivity index (χ0) is 24.7. The van der Waals surface area contributed by atoms with Crippen LogP contribution in [0.25, 0.3) is 12.2 Å². The summed E-state index contributed by atoms with van der Waals surface area (Å²) in [4.78, 5) is 26.1. The first-order valence-electron chi connectivity index (χ1n) is 11.3. The smallest absolute Gasteiger partial charge is 0.336 e. The average Bonchev–Trinajstić information content (AvgIpc) is 2.83. The van der Waals surface area contributed by atoms with Crippen LogP contribution in [0.2, 0.25) is 0 Å². The Morgan fingerprint density at radius 2 is 1.41 bits per heavy atom. The van der Waals surface area contributed by atoms with E-state index >= 15 is 0 Å². The summed E-state index contributed by atoms with van der Waals surface area (Å²) in [5.74, 6) is -0.760. The molecule has 3 rings (SSSR count). The van der Waals surface area contributed by atoms with Crippen LogP contribution >= 0.6 is 0 Å². The van der Waals surface area contributed by atoms with Gasteiger partial charge < -0.3 is 19.5 Å². The maximum Gasteiger partial charge on any atom is 0.336 e. The molecule has 0 radical (unpaired) electrons. The molecule has 0 aromatic heterocycles. The van der Waals surface area contributed by atoms with Gasteiger partial charge in [-0.1, -0.05) is 48.6 Å². The normalized spacial score (nSPS) is 14.3. The molecule has 6 heteroatoms. The number of allylic oxidation sites excluding steroid dienone is 2. The summed E-state index contributed by atoms with van der Waals surface area (Å²) in [6.07, 6.45) is 3.97. The topological polar surface area (TPSA) is 73.9 Å². The summed E-state index contributed by atoms with van der Waals surface area (Å²) < 4.78 is 16.0. The number of carbonyl (C=O) groups is 2. The van der Waals surface area contributed by atoms with Crippen molar-refractivity contribution in [3.63, 3.8) is 0 Å². The van der Waals surface area contributed by atoms with E-state index < -0.39 is 17.9 Å². The highest BCUT2D eigenvalue weighted by Gasteiger charge is 2.38. The van der Waals surface area contributed by atoms with Crippen LogP contribution in [0.3, 0.4) is 0 Å². The zero-order valence-electron chi connectivity index (χ0n) is 20.3. The number of nitrogens with one attached hydrogen (secondary N) is 1. The first-order chi connectivity index (χ1) is 16.4. The van der Waals surface area contributed by atoms with Crippen molar-refractivity contribution >= 4 is 24.1 Å². The van der Waals surface area contributed by atoms with Crippen LogP contribution in [0, 0.1) is 0 Å². The molecular formula is C28H31NO5. The third-order valence-electron chi connectivity index (χ3n) is 5.63. The van der Waals surface area contributed by atoms with E-state index in [2.05, 4.69) is 5.32 Å². The molecule has 2 aromatic rings. The molecule has 1 aliphatic rings. The largest absolute Gasteiger partial charge is 0.497 e. The van der Waals surface area contributed by atoms with Crippen LogP contribution in [-0.2, 0) is 19.1 Å². The molecule has 34 heavy (non-hydrogen) atoms. The van der Waals surface area contributed by atoms with Crippen LogP contribution in [0.4, 0.5) is 0 Å². The third kappa shape index (κ3) is 5.39. The van der Waals surface area contributed by atoms with Gasteiger partial charge in [0, 0.05) is 11.4 Å². The standard InChI is InChI=1S/C28H31NO5/c1-6-33-27(30)24-18(3)29-19(4)25(28(31)34-7-2)26(24)23-11-9-8-10-21(23)15-12-20-13-16-22(32-5)17-14-20/h8-17,26,29H,6-7H2,1-5H3. The summed E-state index contributed by atoms with van der Waals surface area (Å²) in [6, 6.07) is 15.5. The predicted molar refractivity (Wildman–Crippen MR) is 133 cm³/mol. The minimum Gasteiger partial charge on any atom is -0.497 e. The number of rotatable bonds is 8. The van der Waals surface area contributed by atoms with E-state index in [1.807, 2.05) is 74.5 Å². The number of carbonyl (C=O) groups excluding carboxylic acids is 2. The number of dihydropyridines is 1. The summed E-state index contributed by atoms with van der Waals surface area (Å²) in [6.45, 7) is 7.63. The molecule has 1 heterocycles. The van der Waals surface area contributed by atoms with Crippen molar-refractivity contribution < 1.29 is 23.8 Å². The highest BCUT2D eigenvalue weighted by Crippen LogP contribution is 2.41. The van der Waals surface area contributed by atoms with Crippen molar-refractivity contribution in [3.8, 4) is 5.75 Å². The Balaban J connectivity index is 2.13. The molecule has 178 valence electrons. The summed E-state index contributed by atoms with van der Waals surface area (Å²) >= 11 is 0. The van der Waals surface area contributed by atoms with Crippen molar-refractivity contribution in [1.29, 1.82) is 0 Å². The lowest BCUT2D eigenvalue weighted by atomic mass is 9.78. The van der Waals surface area contributed by atoms with Gasteiger partial charge in [-0.05, 0) is 56.5 Å². The van der Waals surface area contributed by atoms with Gasteiger partial charge in [0.05, 0.1) is 37.4 Å². The first kappa shape index (κ1) is 24.8. The van der Waals surface area contributed by atoms with Crippen molar-refractivity contribution in [1.82, 2.24) is 5.32 Å². The van der Waals surface area contributed by atoms with E-state index in [1.54, 1.807) is 21.0 Å². The quantitative estimate of drug-likeness (QED) is 0.429. The van der Waals surface area contributed by atoms with Crippen molar-refractivity contribution in [2.75, 3.05) is 20.3 Å². The van der Waals surface area contributed by atoms with Crippen molar-refractivity contribution in [2.24, 2.45) is 0 Å². The fourth-order valence-electron chi connectivity index (χ4n) is 4.09. The maximum atomic E-state index is 13.1. The highest BCUT2D eigenvalue weighted by atomic mass is 16.5. The molecule has 0 saturated carbocycles. The molecule has 0 spiro atoms. The molecule has 0 amide bonds. The van der Waals surface area contributed by atoms with Gasteiger partial charge in [-0.15, -0.1) is 0 Å². The summed E-state index contributed by atoms with van der Waals surface area (Å²) in [5, 5.41) is 3.17. The molecule has 1 N–H and O–H groups in total. The second-order valence-corrected chi connectivity index (χ2v) is 7.81. The minimum atomic E-state index is -0.629. The molecule has 2 aromatic carbocycles. The number of methoxy groups -OCH3 is 1. The molecule has 0 fully saturated rings. The minimum absolute atomic E-state index is 0.235. The van der Waals surface area contributed by atoms with E-state index in [0.717, 1.165) is 22.4 Å². The zero-order valence-corrected chi connectivity index (χ0v) is 20.3. The fraction of sp³-hybridized carbons (Fsp3) is 0.286. The maximum absolute atomic E-state index is 13.1. The van der Waals surface area contributed by atoms with Gasteiger partial charge >= 0.3 is 11.9 Å². The molecule has 0 bridgehead atoms. The van der Waals surface area contributed by atoms with E-state index in [1.165, 1.54) is 0 Å². The lowest BCUT2D eigenvalue weighted by molar-refractivity contribution is -0.139. The van der Waals surface area contributed by atoms with Crippen molar-refractivity contribution in [2.45, 2.75) is 33.6 Å². The van der Waals surface area contributed by atoms with Gasteiger partial charge in [-0.2, -0.15) is 0 Å². The molecule has 0 atom stereocenters. The van der Waals surface area contributed by atoms with Crippen molar-refractivity contribution in [3.05, 3.63) is 87.8 Å². The lowest BCUT2D eigenvalue weighted by Crippen LogP contribution is -2.32. The predicted octanol–water partition coefficient (Wildman–Crippen LogP) is 5.23. The monoisotopic (exact) mass is 461 g/mol. The number of hydrogen-bond acceptors (Lipinski definition) is 6. The summed E-state index contributed by atoms with van der Waals surface area (Å²) in [5.41, 5.74) is 4.82. The number of hydrogen-bond donors (Lipinski definition) is 1. The Kier molecular flexibility index (Phi) is 8.30. The average molecular weight is 462 g/mol. The van der Waals surface area contributed by atoms with E-state index in [9.17, 15) is 9.59 Å².